The van der Waals surface area contributed by atoms with Crippen LogP contribution in [0.4, 0.5) is 0 Å². The second-order valence-corrected chi connectivity index (χ2v) is 14.9. The average molecular weight is 321 g/mol. The summed E-state index contributed by atoms with van der Waals surface area (Å²) in [5.41, 5.74) is 0. The standard InChI is InChI=1S/C11H19NO4S2Si/c1-19(2,3)9-8-17(13,14)10-6-4-5-7-11(10)18(12,15)16/h4-7H,8-9H2,1-3H3,(H2,12,15,16). The predicted molar refractivity (Wildman–Crippen MR) is 78.0 cm³/mol. The fraction of sp³-hybridized carbons (Fsp3) is 0.455. The zero-order valence-electron chi connectivity index (χ0n) is 11.3. The van der Waals surface area contributed by atoms with Gasteiger partial charge in [-0.15, -0.1) is 0 Å². The fourth-order valence-corrected chi connectivity index (χ4v) is 7.24. The third-order valence-electron chi connectivity index (χ3n) is 2.61. The third-order valence-corrected chi connectivity index (χ3v) is 7.59. The second-order valence-electron chi connectivity index (χ2n) is 5.62. The first-order chi connectivity index (χ1) is 8.43. The maximum atomic E-state index is 12.2. The van der Waals surface area contributed by atoms with Gasteiger partial charge in [0.05, 0.1) is 10.6 Å². The van der Waals surface area contributed by atoms with Crippen LogP contribution in [-0.2, 0) is 19.9 Å². The largest absolute Gasteiger partial charge is 0.239 e. The van der Waals surface area contributed by atoms with Crippen molar-refractivity contribution < 1.29 is 16.8 Å². The van der Waals surface area contributed by atoms with Crippen molar-refractivity contribution in [1.29, 1.82) is 0 Å². The van der Waals surface area contributed by atoms with Gasteiger partial charge < -0.3 is 0 Å². The van der Waals surface area contributed by atoms with Crippen molar-refractivity contribution in [1.82, 2.24) is 0 Å². The molecule has 0 amide bonds. The highest BCUT2D eigenvalue weighted by atomic mass is 32.2. The molecule has 0 unspecified atom stereocenters. The van der Waals surface area contributed by atoms with Crippen molar-refractivity contribution in [3.63, 3.8) is 0 Å². The van der Waals surface area contributed by atoms with Gasteiger partial charge in [0, 0.05) is 8.07 Å². The lowest BCUT2D eigenvalue weighted by molar-refractivity contribution is 0.584. The van der Waals surface area contributed by atoms with Gasteiger partial charge in [-0.3, -0.25) is 0 Å². The summed E-state index contributed by atoms with van der Waals surface area (Å²) in [5.74, 6) is -0.0464. The number of rotatable bonds is 5. The Kier molecular flexibility index (Phi) is 4.61. The van der Waals surface area contributed by atoms with E-state index in [9.17, 15) is 16.8 Å². The van der Waals surface area contributed by atoms with Crippen molar-refractivity contribution in [2.45, 2.75) is 35.5 Å². The molecule has 108 valence electrons. The number of primary sulfonamides is 1. The molecule has 0 radical (unpaired) electrons. The van der Waals surface area contributed by atoms with Gasteiger partial charge in [0.1, 0.15) is 4.90 Å². The van der Waals surface area contributed by atoms with E-state index < -0.39 is 27.9 Å². The molecule has 0 aliphatic carbocycles. The lowest BCUT2D eigenvalue weighted by Crippen LogP contribution is -2.25. The minimum absolute atomic E-state index is 0.0464. The maximum absolute atomic E-state index is 12.2. The van der Waals surface area contributed by atoms with Gasteiger partial charge >= 0.3 is 0 Å². The molecule has 8 heteroatoms. The van der Waals surface area contributed by atoms with Gasteiger partial charge in [-0.2, -0.15) is 0 Å². The minimum atomic E-state index is -4.04. The third kappa shape index (κ3) is 4.72. The average Bonchev–Trinajstić information content (AvgIpc) is 2.25. The summed E-state index contributed by atoms with van der Waals surface area (Å²) in [4.78, 5) is -0.527. The van der Waals surface area contributed by atoms with Crippen LogP contribution in [0.5, 0.6) is 0 Å². The smallest absolute Gasteiger partial charge is 0.225 e. The van der Waals surface area contributed by atoms with Gasteiger partial charge in [-0.25, -0.2) is 22.0 Å². The highest BCUT2D eigenvalue weighted by Gasteiger charge is 2.26. The summed E-state index contributed by atoms with van der Waals surface area (Å²) in [6.07, 6.45) is 0. The Balaban J connectivity index is 3.24. The van der Waals surface area contributed by atoms with E-state index in [1.165, 1.54) is 24.3 Å². The SMILES string of the molecule is C[Si](C)(C)CCS(=O)(=O)c1ccccc1S(N)(=O)=O. The van der Waals surface area contributed by atoms with E-state index in [1.54, 1.807) is 0 Å². The summed E-state index contributed by atoms with van der Waals surface area (Å²) in [6, 6.07) is 6.04. The van der Waals surface area contributed by atoms with Gasteiger partial charge in [-0.05, 0) is 18.2 Å². The van der Waals surface area contributed by atoms with Gasteiger partial charge in [0.15, 0.2) is 9.84 Å². The van der Waals surface area contributed by atoms with Crippen LogP contribution in [-0.4, -0.2) is 30.7 Å². The molecule has 1 aromatic rings. The number of hydrogen-bond acceptors (Lipinski definition) is 4. The van der Waals surface area contributed by atoms with Crippen LogP contribution in [0.1, 0.15) is 0 Å². The normalized spacial score (nSPS) is 13.5. The molecule has 19 heavy (non-hydrogen) atoms. The Morgan fingerprint density at radius 2 is 1.47 bits per heavy atom. The minimum Gasteiger partial charge on any atom is -0.225 e. The molecule has 5 nitrogen and oxygen atoms in total. The number of benzene rings is 1. The van der Waals surface area contributed by atoms with Crippen molar-refractivity contribution in [3.8, 4) is 0 Å². The van der Waals surface area contributed by atoms with Crippen LogP contribution in [0.2, 0.25) is 25.7 Å². The van der Waals surface area contributed by atoms with Crippen LogP contribution >= 0.6 is 0 Å². The number of sulfonamides is 1. The quantitative estimate of drug-likeness (QED) is 0.830. The Morgan fingerprint density at radius 3 is 1.89 bits per heavy atom. The summed E-state index contributed by atoms with van der Waals surface area (Å²) in [7, 11) is -9.19. The monoisotopic (exact) mass is 321 g/mol. The Labute approximate surface area is 115 Å². The van der Waals surface area contributed by atoms with Gasteiger partial charge in [-0.1, -0.05) is 31.8 Å². The summed E-state index contributed by atoms with van der Waals surface area (Å²) in [6.45, 7) is 6.19. The molecule has 0 heterocycles. The zero-order valence-corrected chi connectivity index (χ0v) is 13.9. The molecule has 0 spiro atoms. The Morgan fingerprint density at radius 1 is 1.00 bits per heavy atom. The van der Waals surface area contributed by atoms with Crippen LogP contribution in [0.25, 0.3) is 0 Å². The topological polar surface area (TPSA) is 94.3 Å². The molecule has 0 bridgehead atoms. The first-order valence-corrected chi connectivity index (χ1v) is 12.7. The zero-order chi connectivity index (χ0) is 14.9. The number of hydrogen-bond donors (Lipinski definition) is 1. The first-order valence-electron chi connectivity index (χ1n) is 5.78. The van der Waals surface area contributed by atoms with Crippen LogP contribution in [0, 0.1) is 0 Å². The van der Waals surface area contributed by atoms with Gasteiger partial charge in [0.25, 0.3) is 0 Å². The van der Waals surface area contributed by atoms with Crippen molar-refractivity contribution in [2.75, 3.05) is 5.75 Å². The molecule has 0 saturated carbocycles. The molecule has 0 atom stereocenters. The highest BCUT2D eigenvalue weighted by molar-refractivity contribution is 7.93. The fourth-order valence-electron chi connectivity index (χ4n) is 1.49. The first kappa shape index (κ1) is 16.4. The summed E-state index contributed by atoms with van der Waals surface area (Å²) < 4.78 is 47.3. The highest BCUT2D eigenvalue weighted by Crippen LogP contribution is 2.22. The second kappa shape index (κ2) is 5.35. The molecule has 0 aromatic heterocycles. The molecular formula is C11H19NO4S2Si. The van der Waals surface area contributed by atoms with Crippen LogP contribution < -0.4 is 5.14 Å². The molecule has 1 aromatic carbocycles. The molecular weight excluding hydrogens is 302 g/mol. The van der Waals surface area contributed by atoms with Crippen LogP contribution in [0.3, 0.4) is 0 Å². The number of sulfone groups is 1. The Hall–Kier alpha value is -0.703. The van der Waals surface area contributed by atoms with Crippen molar-refractivity contribution in [2.24, 2.45) is 5.14 Å². The molecule has 2 N–H and O–H groups in total. The molecule has 0 aliphatic heterocycles. The van der Waals surface area contributed by atoms with Gasteiger partial charge in [0.2, 0.25) is 10.0 Å². The Bertz CT molecular complexity index is 660. The lowest BCUT2D eigenvalue weighted by Gasteiger charge is -2.16. The van der Waals surface area contributed by atoms with E-state index in [1.807, 2.05) is 0 Å². The molecule has 1 rings (SSSR count). The van der Waals surface area contributed by atoms with E-state index in [0.29, 0.717) is 6.04 Å². The van der Waals surface area contributed by atoms with Crippen molar-refractivity contribution in [3.05, 3.63) is 24.3 Å². The van der Waals surface area contributed by atoms with E-state index in [4.69, 9.17) is 5.14 Å². The van der Waals surface area contributed by atoms with E-state index in [-0.39, 0.29) is 15.5 Å². The van der Waals surface area contributed by atoms with E-state index >= 15 is 0 Å². The molecule has 0 saturated heterocycles. The summed E-state index contributed by atoms with van der Waals surface area (Å²) in [5, 5.41) is 5.05. The number of nitrogens with two attached hydrogens (primary N) is 1. The molecule has 0 fully saturated rings. The molecule has 0 aliphatic rings. The lowest BCUT2D eigenvalue weighted by atomic mass is 10.4. The van der Waals surface area contributed by atoms with E-state index in [0.717, 1.165) is 0 Å². The maximum Gasteiger partial charge on any atom is 0.239 e. The van der Waals surface area contributed by atoms with Crippen LogP contribution in [0.15, 0.2) is 34.1 Å². The summed E-state index contributed by atoms with van der Waals surface area (Å²) >= 11 is 0. The van der Waals surface area contributed by atoms with Crippen molar-refractivity contribution >= 4 is 27.9 Å². The predicted octanol–water partition coefficient (Wildman–Crippen LogP) is 1.45. The van der Waals surface area contributed by atoms with E-state index in [2.05, 4.69) is 19.6 Å².